The molecule has 0 aliphatic rings. The molecule has 3 aromatic rings. The summed E-state index contributed by atoms with van der Waals surface area (Å²) < 4.78 is 5.48. The molecule has 26 heavy (non-hydrogen) atoms. The van der Waals surface area contributed by atoms with Crippen molar-refractivity contribution in [1.29, 1.82) is 0 Å². The molecule has 3 rings (SSSR count). The molecule has 132 valence electrons. The monoisotopic (exact) mass is 365 g/mol. The highest BCUT2D eigenvalue weighted by atomic mass is 32.1. The summed E-state index contributed by atoms with van der Waals surface area (Å²) in [6.07, 6.45) is 1.67. The van der Waals surface area contributed by atoms with Gasteiger partial charge in [-0.05, 0) is 49.0 Å². The van der Waals surface area contributed by atoms with Gasteiger partial charge in [0.15, 0.2) is 5.11 Å². The number of nitrogens with two attached hydrogens (primary N) is 1. The normalized spacial score (nSPS) is 10.2. The predicted molar refractivity (Wildman–Crippen MR) is 109 cm³/mol. The van der Waals surface area contributed by atoms with Crippen LogP contribution in [0, 0.1) is 0 Å². The third kappa shape index (κ3) is 4.46. The minimum absolute atomic E-state index is 0.171. The molecular formula is C19H19N5OS. The molecule has 1 aromatic heterocycles. The lowest BCUT2D eigenvalue weighted by Gasteiger charge is -2.14. The Morgan fingerprint density at radius 2 is 1.81 bits per heavy atom. The molecule has 0 saturated heterocycles. The standard InChI is InChI=1S/C19H19N5OS/c1-2-25-15-10-8-13(9-11-15)16-12-21-18(20)23-17(16)24-19(26)22-14-6-4-3-5-7-14/h3-12H,2H2,1H3,(H4,20,21,22,23,24,26). The van der Waals surface area contributed by atoms with Crippen molar-refractivity contribution in [3.05, 3.63) is 60.8 Å². The molecule has 0 aliphatic carbocycles. The number of hydrogen-bond acceptors (Lipinski definition) is 5. The van der Waals surface area contributed by atoms with Gasteiger partial charge < -0.3 is 21.1 Å². The predicted octanol–water partition coefficient (Wildman–Crippen LogP) is 3.93. The van der Waals surface area contributed by atoms with Crippen molar-refractivity contribution in [2.45, 2.75) is 6.92 Å². The third-order valence-corrected chi connectivity index (χ3v) is 3.75. The van der Waals surface area contributed by atoms with E-state index in [4.69, 9.17) is 22.7 Å². The van der Waals surface area contributed by atoms with E-state index in [2.05, 4.69) is 20.6 Å². The lowest BCUT2D eigenvalue weighted by molar-refractivity contribution is 0.340. The Hall–Kier alpha value is -3.19. The van der Waals surface area contributed by atoms with Gasteiger partial charge in [0.1, 0.15) is 11.6 Å². The van der Waals surface area contributed by atoms with Crippen LogP contribution in [0.25, 0.3) is 11.1 Å². The van der Waals surface area contributed by atoms with Crippen LogP contribution in [0.3, 0.4) is 0 Å². The van der Waals surface area contributed by atoms with Crippen LogP contribution in [0.5, 0.6) is 5.75 Å². The minimum atomic E-state index is 0.171. The van der Waals surface area contributed by atoms with Crippen molar-refractivity contribution < 1.29 is 4.74 Å². The number of anilines is 3. The van der Waals surface area contributed by atoms with Gasteiger partial charge in [-0.25, -0.2) is 4.98 Å². The van der Waals surface area contributed by atoms with Crippen LogP contribution >= 0.6 is 12.2 Å². The van der Waals surface area contributed by atoms with Crippen LogP contribution in [-0.2, 0) is 0 Å². The summed E-state index contributed by atoms with van der Waals surface area (Å²) in [6.45, 7) is 2.57. The zero-order valence-electron chi connectivity index (χ0n) is 14.3. The molecule has 0 aliphatic heterocycles. The van der Waals surface area contributed by atoms with Gasteiger partial charge in [0.25, 0.3) is 0 Å². The van der Waals surface area contributed by atoms with E-state index in [1.54, 1.807) is 6.20 Å². The van der Waals surface area contributed by atoms with Gasteiger partial charge in [-0.2, -0.15) is 4.98 Å². The number of aromatic nitrogens is 2. The molecule has 0 fully saturated rings. The SMILES string of the molecule is CCOc1ccc(-c2cnc(N)nc2NC(=S)Nc2ccccc2)cc1. The number of rotatable bonds is 5. The summed E-state index contributed by atoms with van der Waals surface area (Å²) in [5.74, 6) is 1.52. The van der Waals surface area contributed by atoms with Crippen LogP contribution in [0.2, 0.25) is 0 Å². The first-order valence-electron chi connectivity index (χ1n) is 8.14. The molecule has 0 bridgehead atoms. The Balaban J connectivity index is 1.82. The Bertz CT molecular complexity index is 884. The van der Waals surface area contributed by atoms with Crippen molar-refractivity contribution in [3.8, 4) is 16.9 Å². The lowest BCUT2D eigenvalue weighted by Crippen LogP contribution is -2.20. The second kappa shape index (κ2) is 8.26. The number of thiocarbonyl (C=S) groups is 1. The van der Waals surface area contributed by atoms with Crippen LogP contribution in [-0.4, -0.2) is 21.7 Å². The van der Waals surface area contributed by atoms with Crippen molar-refractivity contribution in [2.24, 2.45) is 0 Å². The highest BCUT2D eigenvalue weighted by molar-refractivity contribution is 7.80. The average Bonchev–Trinajstić information content (AvgIpc) is 2.64. The molecule has 0 atom stereocenters. The zero-order chi connectivity index (χ0) is 18.4. The quantitative estimate of drug-likeness (QED) is 0.591. The maximum atomic E-state index is 5.75. The second-order valence-electron chi connectivity index (χ2n) is 5.39. The molecule has 6 nitrogen and oxygen atoms in total. The molecule has 2 aromatic carbocycles. The summed E-state index contributed by atoms with van der Waals surface area (Å²) in [6, 6.07) is 17.3. The summed E-state index contributed by atoms with van der Waals surface area (Å²) in [7, 11) is 0. The van der Waals surface area contributed by atoms with E-state index in [-0.39, 0.29) is 5.95 Å². The first-order chi connectivity index (χ1) is 12.7. The number of para-hydroxylation sites is 1. The highest BCUT2D eigenvalue weighted by Gasteiger charge is 2.10. The van der Waals surface area contributed by atoms with Gasteiger partial charge in [-0.3, -0.25) is 0 Å². The molecule has 0 radical (unpaired) electrons. The fourth-order valence-electron chi connectivity index (χ4n) is 2.39. The summed E-state index contributed by atoms with van der Waals surface area (Å²) >= 11 is 5.38. The molecule has 7 heteroatoms. The van der Waals surface area contributed by atoms with Gasteiger partial charge in [-0.1, -0.05) is 30.3 Å². The van der Waals surface area contributed by atoms with E-state index in [0.717, 1.165) is 22.6 Å². The first-order valence-corrected chi connectivity index (χ1v) is 8.55. The number of nitrogen functional groups attached to an aromatic ring is 1. The average molecular weight is 365 g/mol. The number of nitrogens with zero attached hydrogens (tertiary/aromatic N) is 2. The van der Waals surface area contributed by atoms with E-state index in [1.165, 1.54) is 0 Å². The third-order valence-electron chi connectivity index (χ3n) is 3.55. The molecule has 0 saturated carbocycles. The highest BCUT2D eigenvalue weighted by Crippen LogP contribution is 2.28. The van der Waals surface area contributed by atoms with E-state index in [9.17, 15) is 0 Å². The number of benzene rings is 2. The summed E-state index contributed by atoms with van der Waals surface area (Å²) in [4.78, 5) is 8.38. The number of ether oxygens (including phenoxy) is 1. The minimum Gasteiger partial charge on any atom is -0.494 e. The molecule has 1 heterocycles. The van der Waals surface area contributed by atoms with Gasteiger partial charge in [-0.15, -0.1) is 0 Å². The fourth-order valence-corrected chi connectivity index (χ4v) is 2.61. The lowest BCUT2D eigenvalue weighted by atomic mass is 10.1. The second-order valence-corrected chi connectivity index (χ2v) is 5.80. The molecular weight excluding hydrogens is 346 g/mol. The van der Waals surface area contributed by atoms with E-state index < -0.39 is 0 Å². The van der Waals surface area contributed by atoms with Crippen LogP contribution in [0.1, 0.15) is 6.92 Å². The van der Waals surface area contributed by atoms with Crippen molar-refractivity contribution in [2.75, 3.05) is 23.0 Å². The summed E-state index contributed by atoms with van der Waals surface area (Å²) in [5.41, 5.74) is 8.36. The Kier molecular flexibility index (Phi) is 5.60. The van der Waals surface area contributed by atoms with E-state index >= 15 is 0 Å². The Labute approximate surface area is 157 Å². The van der Waals surface area contributed by atoms with Crippen molar-refractivity contribution in [1.82, 2.24) is 9.97 Å². The maximum Gasteiger partial charge on any atom is 0.221 e. The Morgan fingerprint density at radius 1 is 1.08 bits per heavy atom. The molecule has 0 spiro atoms. The first kappa shape index (κ1) is 17.6. The molecule has 0 amide bonds. The van der Waals surface area contributed by atoms with Gasteiger partial charge in [0.05, 0.1) is 6.61 Å². The van der Waals surface area contributed by atoms with Crippen molar-refractivity contribution in [3.63, 3.8) is 0 Å². The van der Waals surface area contributed by atoms with Crippen LogP contribution < -0.4 is 21.1 Å². The fraction of sp³-hybridized carbons (Fsp3) is 0.105. The van der Waals surface area contributed by atoms with Gasteiger partial charge in [0, 0.05) is 17.4 Å². The largest absolute Gasteiger partial charge is 0.494 e. The summed E-state index contributed by atoms with van der Waals surface area (Å²) in [5, 5.41) is 6.63. The van der Waals surface area contributed by atoms with Crippen molar-refractivity contribution >= 4 is 34.8 Å². The molecule has 4 N–H and O–H groups in total. The number of hydrogen-bond donors (Lipinski definition) is 3. The smallest absolute Gasteiger partial charge is 0.221 e. The van der Waals surface area contributed by atoms with Gasteiger partial charge in [0.2, 0.25) is 5.95 Å². The van der Waals surface area contributed by atoms with Crippen LogP contribution in [0.15, 0.2) is 60.8 Å². The Morgan fingerprint density at radius 3 is 2.50 bits per heavy atom. The van der Waals surface area contributed by atoms with E-state index in [1.807, 2.05) is 61.5 Å². The molecule has 0 unspecified atom stereocenters. The van der Waals surface area contributed by atoms with E-state index in [0.29, 0.717) is 17.5 Å². The zero-order valence-corrected chi connectivity index (χ0v) is 15.1. The topological polar surface area (TPSA) is 85.1 Å². The maximum absolute atomic E-state index is 5.75. The van der Waals surface area contributed by atoms with Gasteiger partial charge >= 0.3 is 0 Å². The van der Waals surface area contributed by atoms with Crippen LogP contribution in [0.4, 0.5) is 17.5 Å². The number of nitrogens with one attached hydrogen (secondary N) is 2.